The maximum Gasteiger partial charge on any atom is 0.267 e. The third kappa shape index (κ3) is 7.47. The van der Waals surface area contributed by atoms with E-state index in [1.54, 1.807) is 0 Å². The second kappa shape index (κ2) is 12.9. The van der Waals surface area contributed by atoms with Crippen LogP contribution in [0.4, 0.5) is 0 Å². The molecule has 18 heteroatoms. The second-order valence-electron chi connectivity index (χ2n) is 8.65. The molecular weight excluding hydrogens is 520 g/mol. The molecule has 0 unspecified atom stereocenters. The molecule has 0 radical (unpaired) electrons. The van der Waals surface area contributed by atoms with Crippen LogP contribution in [0.15, 0.2) is 0 Å². The first kappa shape index (κ1) is 31.6. The first-order chi connectivity index (χ1) is 16.6. The number of aliphatic hydroxyl groups excluding tert-OH is 10. The molecule has 2 heterocycles. The summed E-state index contributed by atoms with van der Waals surface area (Å²) >= 11 is 0. The normalized spacial score (nSPS) is 41.4. The SMILES string of the molecule is C[C@@H]1O[C@@H](O[C@@H]([C@H](O[C@@H]2O[C@H](CO)[C@H](O)[C@H](O)[C@H]2O)[C@H](O)CS(=O)(=O)O)[C@@H](O)CO)[C@@H](O)[C@H](O)[C@@H]1O. The largest absolute Gasteiger partial charge is 0.394 e. The maximum absolute atomic E-state index is 11.4. The van der Waals surface area contributed by atoms with E-state index >= 15 is 0 Å². The number of rotatable bonds is 11. The van der Waals surface area contributed by atoms with Crippen molar-refractivity contribution >= 4 is 10.1 Å². The Morgan fingerprint density at radius 1 is 0.750 bits per heavy atom. The summed E-state index contributed by atoms with van der Waals surface area (Å²) in [5.41, 5.74) is 0. The van der Waals surface area contributed by atoms with Crippen LogP contribution in [0.1, 0.15) is 6.92 Å². The van der Waals surface area contributed by atoms with E-state index in [2.05, 4.69) is 0 Å². The summed E-state index contributed by atoms with van der Waals surface area (Å²) in [6.07, 6.45) is -26.1. The topological polar surface area (TPSA) is 294 Å². The summed E-state index contributed by atoms with van der Waals surface area (Å²) in [4.78, 5) is 0. The molecule has 17 nitrogen and oxygen atoms in total. The zero-order valence-corrected chi connectivity index (χ0v) is 19.8. The Morgan fingerprint density at radius 3 is 1.69 bits per heavy atom. The van der Waals surface area contributed by atoms with Gasteiger partial charge < -0.3 is 70.0 Å². The third-order valence-corrected chi connectivity index (χ3v) is 6.65. The minimum Gasteiger partial charge on any atom is -0.394 e. The maximum atomic E-state index is 11.4. The van der Waals surface area contributed by atoms with Gasteiger partial charge in [0.05, 0.1) is 25.4 Å². The summed E-state index contributed by atoms with van der Waals surface area (Å²) in [6.45, 7) is -0.688. The van der Waals surface area contributed by atoms with Gasteiger partial charge in [0.15, 0.2) is 12.6 Å². The molecule has 0 aromatic carbocycles. The standard InChI is InChI=1S/C18H34O17S/c1-5-9(23)11(25)13(27)17(32-5)34-15(6(21)2-19)16(7(22)4-36(29,30)31)35-18-14(28)12(26)10(24)8(3-20)33-18/h5-28H,2-4H2,1H3,(H,29,30,31)/t5-,6-,7+,8+,9+,10-,11+,12-,13-,14+,15+,16+,17-,18-/m0/s1. The summed E-state index contributed by atoms with van der Waals surface area (Å²) in [5, 5.41) is 100. The molecule has 0 saturated carbocycles. The van der Waals surface area contributed by atoms with Crippen LogP contribution < -0.4 is 0 Å². The van der Waals surface area contributed by atoms with Crippen LogP contribution in [0, 0.1) is 0 Å². The molecule has 214 valence electrons. The Hall–Kier alpha value is -0.650. The van der Waals surface area contributed by atoms with E-state index in [-0.39, 0.29) is 0 Å². The summed E-state index contributed by atoms with van der Waals surface area (Å²) in [7, 11) is -4.91. The molecule has 11 N–H and O–H groups in total. The predicted molar refractivity (Wildman–Crippen MR) is 111 cm³/mol. The van der Waals surface area contributed by atoms with Crippen LogP contribution in [0.2, 0.25) is 0 Å². The van der Waals surface area contributed by atoms with Crippen molar-refractivity contribution in [3.8, 4) is 0 Å². The van der Waals surface area contributed by atoms with Crippen molar-refractivity contribution < 1.29 is 83.0 Å². The number of hydrogen-bond donors (Lipinski definition) is 11. The Morgan fingerprint density at radius 2 is 1.22 bits per heavy atom. The average molecular weight is 555 g/mol. The van der Waals surface area contributed by atoms with Gasteiger partial charge in [0, 0.05) is 0 Å². The molecular formula is C18H34O17S. The fourth-order valence-corrected chi connectivity index (χ4v) is 4.43. The van der Waals surface area contributed by atoms with Crippen molar-refractivity contribution in [2.45, 2.75) is 92.8 Å². The lowest BCUT2D eigenvalue weighted by molar-refractivity contribution is -0.350. The highest BCUT2D eigenvalue weighted by molar-refractivity contribution is 7.85. The minimum atomic E-state index is -4.91. The van der Waals surface area contributed by atoms with E-state index in [0.29, 0.717) is 0 Å². The molecule has 0 amide bonds. The zero-order chi connectivity index (χ0) is 27.5. The number of ether oxygens (including phenoxy) is 4. The van der Waals surface area contributed by atoms with Crippen molar-refractivity contribution in [2.24, 2.45) is 0 Å². The van der Waals surface area contributed by atoms with Crippen molar-refractivity contribution in [3.63, 3.8) is 0 Å². The highest BCUT2D eigenvalue weighted by Gasteiger charge is 2.50. The first-order valence-electron chi connectivity index (χ1n) is 10.9. The van der Waals surface area contributed by atoms with E-state index in [0.717, 1.165) is 0 Å². The molecule has 0 aromatic rings. The lowest BCUT2D eigenvalue weighted by Gasteiger charge is -2.45. The zero-order valence-electron chi connectivity index (χ0n) is 19.0. The van der Waals surface area contributed by atoms with Gasteiger partial charge in [0.1, 0.15) is 66.8 Å². The summed E-state index contributed by atoms with van der Waals surface area (Å²) < 4.78 is 53.2. The number of aliphatic hydroxyl groups is 10. The second-order valence-corrected chi connectivity index (χ2v) is 10.1. The van der Waals surface area contributed by atoms with Gasteiger partial charge in [-0.1, -0.05) is 0 Å². The van der Waals surface area contributed by atoms with E-state index in [9.17, 15) is 64.0 Å². The monoisotopic (exact) mass is 554 g/mol. The first-order valence-corrected chi connectivity index (χ1v) is 12.5. The van der Waals surface area contributed by atoms with E-state index in [1.165, 1.54) is 6.92 Å². The Kier molecular flexibility index (Phi) is 11.3. The van der Waals surface area contributed by atoms with Crippen LogP contribution >= 0.6 is 0 Å². The van der Waals surface area contributed by atoms with Crippen LogP contribution in [0.3, 0.4) is 0 Å². The molecule has 0 spiro atoms. The molecule has 14 atom stereocenters. The van der Waals surface area contributed by atoms with Gasteiger partial charge in [0.25, 0.3) is 10.1 Å². The average Bonchev–Trinajstić information content (AvgIpc) is 2.81. The lowest BCUT2D eigenvalue weighted by atomic mass is 9.98. The molecule has 2 aliphatic rings. The third-order valence-electron chi connectivity index (χ3n) is 5.89. The molecule has 2 rings (SSSR count). The molecule has 2 aliphatic heterocycles. The van der Waals surface area contributed by atoms with Crippen LogP contribution in [0.25, 0.3) is 0 Å². The van der Waals surface area contributed by atoms with Crippen molar-refractivity contribution in [1.29, 1.82) is 0 Å². The van der Waals surface area contributed by atoms with E-state index < -0.39 is 115 Å². The highest BCUT2D eigenvalue weighted by atomic mass is 32.2. The van der Waals surface area contributed by atoms with Gasteiger partial charge in [-0.3, -0.25) is 4.55 Å². The molecule has 2 saturated heterocycles. The fraction of sp³-hybridized carbons (Fsp3) is 1.00. The van der Waals surface area contributed by atoms with Gasteiger partial charge in [-0.2, -0.15) is 8.42 Å². The summed E-state index contributed by atoms with van der Waals surface area (Å²) in [6, 6.07) is 0. The van der Waals surface area contributed by atoms with E-state index in [4.69, 9.17) is 18.9 Å². The van der Waals surface area contributed by atoms with Crippen molar-refractivity contribution in [2.75, 3.05) is 19.0 Å². The Balaban J connectivity index is 2.40. The Labute approximate surface area is 205 Å². The lowest BCUT2D eigenvalue weighted by Crippen LogP contribution is -2.63. The van der Waals surface area contributed by atoms with E-state index in [1.807, 2.05) is 0 Å². The van der Waals surface area contributed by atoms with Crippen molar-refractivity contribution in [3.05, 3.63) is 0 Å². The smallest absolute Gasteiger partial charge is 0.267 e. The van der Waals surface area contributed by atoms with Gasteiger partial charge in [-0.15, -0.1) is 0 Å². The van der Waals surface area contributed by atoms with Crippen molar-refractivity contribution in [1.82, 2.24) is 0 Å². The molecule has 2 fully saturated rings. The Bertz CT molecular complexity index is 782. The molecule has 0 bridgehead atoms. The van der Waals surface area contributed by atoms with Gasteiger partial charge >= 0.3 is 0 Å². The van der Waals surface area contributed by atoms with Crippen LogP contribution in [-0.4, -0.2) is 169 Å². The predicted octanol–water partition coefficient (Wildman–Crippen LogP) is -7.01. The fourth-order valence-electron chi connectivity index (χ4n) is 3.80. The quantitative estimate of drug-likeness (QED) is 0.106. The van der Waals surface area contributed by atoms with Gasteiger partial charge in [0.2, 0.25) is 0 Å². The number of hydrogen-bond acceptors (Lipinski definition) is 16. The highest BCUT2D eigenvalue weighted by Crippen LogP contribution is 2.29. The van der Waals surface area contributed by atoms with Gasteiger partial charge in [-0.25, -0.2) is 0 Å². The molecule has 0 aromatic heterocycles. The van der Waals surface area contributed by atoms with Gasteiger partial charge in [-0.05, 0) is 6.92 Å². The molecule has 36 heavy (non-hydrogen) atoms. The molecule has 0 aliphatic carbocycles. The minimum absolute atomic E-state index is 0.873. The van der Waals surface area contributed by atoms with Crippen LogP contribution in [-0.2, 0) is 29.1 Å². The van der Waals surface area contributed by atoms with Crippen LogP contribution in [0.5, 0.6) is 0 Å². The summed E-state index contributed by atoms with van der Waals surface area (Å²) in [5.74, 6) is -1.43.